The van der Waals surface area contributed by atoms with Gasteiger partial charge in [-0.3, -0.25) is 4.79 Å². The number of carbonyl (C=O) groups excluding carboxylic acids is 1. The summed E-state index contributed by atoms with van der Waals surface area (Å²) < 4.78 is 4.85. The van der Waals surface area contributed by atoms with Crippen LogP contribution in [0, 0.1) is 5.92 Å². The smallest absolute Gasteiger partial charge is 0.305 e. The highest BCUT2D eigenvalue weighted by atomic mass is 16.5. The van der Waals surface area contributed by atoms with Crippen LogP contribution in [0.2, 0.25) is 0 Å². The number of rotatable bonds is 16. The van der Waals surface area contributed by atoms with Crippen LogP contribution in [0.3, 0.4) is 0 Å². The molecule has 0 rings (SSSR count). The zero-order chi connectivity index (χ0) is 18.0. The molecule has 1 atom stereocenters. The maximum Gasteiger partial charge on any atom is 0.305 e. The zero-order valence-electron chi connectivity index (χ0n) is 15.7. The van der Waals surface area contributed by atoms with Crippen molar-refractivity contribution >= 4 is 5.97 Å². The topological polar surface area (TPSA) is 66.8 Å². The third-order valence-electron chi connectivity index (χ3n) is 3.97. The number of esters is 1. The number of aliphatic hydroxyl groups excluding tert-OH is 2. The minimum absolute atomic E-state index is 0.112. The molecule has 0 aliphatic rings. The van der Waals surface area contributed by atoms with Crippen LogP contribution >= 0.6 is 0 Å². The average Bonchev–Trinajstić information content (AvgIpc) is 2.56. The Morgan fingerprint density at radius 3 is 2.17 bits per heavy atom. The average molecular weight is 343 g/mol. The molecule has 24 heavy (non-hydrogen) atoms. The molecule has 0 aromatic heterocycles. The fraction of sp³-hybridized carbons (Fsp3) is 0.850. The van der Waals surface area contributed by atoms with E-state index in [0.29, 0.717) is 6.42 Å². The van der Waals surface area contributed by atoms with Gasteiger partial charge in [0.2, 0.25) is 0 Å². The molecule has 142 valence electrons. The molecule has 0 bridgehead atoms. The highest BCUT2D eigenvalue weighted by Crippen LogP contribution is 2.10. The van der Waals surface area contributed by atoms with Crippen molar-refractivity contribution in [2.45, 2.75) is 90.6 Å². The molecule has 0 amide bonds. The summed E-state index contributed by atoms with van der Waals surface area (Å²) in [4.78, 5) is 11.4. The number of ether oxygens (including phenoxy) is 1. The predicted octanol–water partition coefficient (Wildman–Crippen LogP) is 4.39. The zero-order valence-corrected chi connectivity index (χ0v) is 15.7. The van der Waals surface area contributed by atoms with Gasteiger partial charge in [0.15, 0.2) is 0 Å². The number of hydrogen-bond donors (Lipinski definition) is 2. The molecule has 4 heteroatoms. The van der Waals surface area contributed by atoms with Gasteiger partial charge in [-0.15, -0.1) is 0 Å². The summed E-state index contributed by atoms with van der Waals surface area (Å²) in [5, 5.41) is 17.7. The lowest BCUT2D eigenvalue weighted by Crippen LogP contribution is -2.21. The molecule has 0 aliphatic carbocycles. The van der Waals surface area contributed by atoms with Crippen LogP contribution < -0.4 is 0 Å². The first-order chi connectivity index (χ1) is 11.6. The highest BCUT2D eigenvalue weighted by Gasteiger charge is 2.07. The summed E-state index contributed by atoms with van der Waals surface area (Å²) >= 11 is 0. The first kappa shape index (κ1) is 23.1. The molecule has 0 saturated carbocycles. The van der Waals surface area contributed by atoms with E-state index >= 15 is 0 Å². The lowest BCUT2D eigenvalue weighted by Gasteiger charge is -2.08. The Bertz CT molecular complexity index is 313. The SMILES string of the molecule is CC(C)CCCC/C=C/CCCCCCCC(=O)OCC(O)CO. The normalized spacial score (nSPS) is 12.9. The van der Waals surface area contributed by atoms with Gasteiger partial charge in [0, 0.05) is 6.42 Å². The number of unbranched alkanes of at least 4 members (excludes halogenated alkanes) is 7. The molecule has 4 nitrogen and oxygen atoms in total. The highest BCUT2D eigenvalue weighted by molar-refractivity contribution is 5.69. The second-order valence-corrected chi connectivity index (χ2v) is 6.98. The van der Waals surface area contributed by atoms with E-state index in [0.717, 1.165) is 31.6 Å². The van der Waals surface area contributed by atoms with Crippen molar-refractivity contribution in [3.8, 4) is 0 Å². The van der Waals surface area contributed by atoms with E-state index in [2.05, 4.69) is 26.0 Å². The lowest BCUT2D eigenvalue weighted by molar-refractivity contribution is -0.147. The van der Waals surface area contributed by atoms with E-state index in [1.165, 1.54) is 38.5 Å². The molecule has 2 N–H and O–H groups in total. The first-order valence-electron chi connectivity index (χ1n) is 9.65. The molecule has 0 saturated heterocycles. The van der Waals surface area contributed by atoms with Gasteiger partial charge in [0.1, 0.15) is 12.7 Å². The Kier molecular flexibility index (Phi) is 16.4. The van der Waals surface area contributed by atoms with Crippen molar-refractivity contribution in [3.05, 3.63) is 12.2 Å². The van der Waals surface area contributed by atoms with E-state index in [4.69, 9.17) is 14.9 Å². The molecule has 0 aliphatic heterocycles. The minimum Gasteiger partial charge on any atom is -0.463 e. The molecule has 0 heterocycles. The quantitative estimate of drug-likeness (QED) is 0.248. The van der Waals surface area contributed by atoms with E-state index in [-0.39, 0.29) is 19.2 Å². The number of aliphatic hydroxyl groups is 2. The molecule has 0 aromatic rings. The third kappa shape index (κ3) is 17.5. The van der Waals surface area contributed by atoms with Crippen molar-refractivity contribution in [1.29, 1.82) is 0 Å². The van der Waals surface area contributed by atoms with Crippen molar-refractivity contribution in [2.75, 3.05) is 13.2 Å². The van der Waals surface area contributed by atoms with Gasteiger partial charge < -0.3 is 14.9 Å². The van der Waals surface area contributed by atoms with Gasteiger partial charge in [-0.25, -0.2) is 0 Å². The van der Waals surface area contributed by atoms with Gasteiger partial charge in [0.05, 0.1) is 6.61 Å². The molecular weight excluding hydrogens is 304 g/mol. The van der Waals surface area contributed by atoms with Crippen molar-refractivity contribution in [2.24, 2.45) is 5.92 Å². The summed E-state index contributed by atoms with van der Waals surface area (Å²) in [6, 6.07) is 0. The van der Waals surface area contributed by atoms with E-state index in [1.54, 1.807) is 0 Å². The van der Waals surface area contributed by atoms with Crippen molar-refractivity contribution in [1.82, 2.24) is 0 Å². The Balaban J connectivity index is 3.26. The van der Waals surface area contributed by atoms with Gasteiger partial charge in [-0.1, -0.05) is 58.1 Å². The third-order valence-corrected chi connectivity index (χ3v) is 3.97. The summed E-state index contributed by atoms with van der Waals surface area (Å²) in [7, 11) is 0. The monoisotopic (exact) mass is 342 g/mol. The summed E-state index contributed by atoms with van der Waals surface area (Å²) in [6.07, 6.45) is 15.8. The Hall–Kier alpha value is -0.870. The number of carbonyl (C=O) groups is 1. The maximum atomic E-state index is 11.4. The minimum atomic E-state index is -0.961. The number of hydrogen-bond acceptors (Lipinski definition) is 4. The van der Waals surface area contributed by atoms with Crippen molar-refractivity contribution in [3.63, 3.8) is 0 Å². The standard InChI is InChI=1S/C20H38O4/c1-18(2)14-12-10-8-6-4-3-5-7-9-11-13-15-20(23)24-17-19(22)16-21/h4,6,18-19,21-22H,3,5,7-17H2,1-2H3/b6-4+. The van der Waals surface area contributed by atoms with Crippen LogP contribution in [0.15, 0.2) is 12.2 Å². The maximum absolute atomic E-state index is 11.4. The molecule has 0 radical (unpaired) electrons. The van der Waals surface area contributed by atoms with Crippen LogP contribution in [-0.2, 0) is 9.53 Å². The fourth-order valence-electron chi connectivity index (χ4n) is 2.43. The predicted molar refractivity (Wildman–Crippen MR) is 98.8 cm³/mol. The fourth-order valence-corrected chi connectivity index (χ4v) is 2.43. The van der Waals surface area contributed by atoms with Gasteiger partial charge in [-0.2, -0.15) is 0 Å². The van der Waals surface area contributed by atoms with Crippen LogP contribution in [-0.4, -0.2) is 35.5 Å². The van der Waals surface area contributed by atoms with E-state index in [1.807, 2.05) is 0 Å². The summed E-state index contributed by atoms with van der Waals surface area (Å²) in [5.74, 6) is 0.533. The Morgan fingerprint density at radius 2 is 1.54 bits per heavy atom. The molecule has 0 spiro atoms. The molecule has 0 fully saturated rings. The molecule has 0 aromatic carbocycles. The van der Waals surface area contributed by atoms with Crippen LogP contribution in [0.1, 0.15) is 84.5 Å². The van der Waals surface area contributed by atoms with Crippen LogP contribution in [0.5, 0.6) is 0 Å². The molecular formula is C20H38O4. The Morgan fingerprint density at radius 1 is 0.958 bits per heavy atom. The second kappa shape index (κ2) is 17.0. The van der Waals surface area contributed by atoms with Gasteiger partial charge in [-0.05, 0) is 38.0 Å². The van der Waals surface area contributed by atoms with Crippen molar-refractivity contribution < 1.29 is 19.7 Å². The van der Waals surface area contributed by atoms with Gasteiger partial charge in [0.25, 0.3) is 0 Å². The number of allylic oxidation sites excluding steroid dienone is 2. The summed E-state index contributed by atoms with van der Waals surface area (Å²) in [6.45, 7) is 4.07. The summed E-state index contributed by atoms with van der Waals surface area (Å²) in [5.41, 5.74) is 0. The first-order valence-corrected chi connectivity index (χ1v) is 9.65. The molecule has 1 unspecified atom stereocenters. The van der Waals surface area contributed by atoms with Crippen LogP contribution in [0.25, 0.3) is 0 Å². The van der Waals surface area contributed by atoms with E-state index in [9.17, 15) is 4.79 Å². The van der Waals surface area contributed by atoms with Gasteiger partial charge >= 0.3 is 5.97 Å². The second-order valence-electron chi connectivity index (χ2n) is 6.98. The largest absolute Gasteiger partial charge is 0.463 e. The van der Waals surface area contributed by atoms with Crippen LogP contribution in [0.4, 0.5) is 0 Å². The lowest BCUT2D eigenvalue weighted by atomic mass is 10.0. The van der Waals surface area contributed by atoms with E-state index < -0.39 is 6.10 Å². The Labute approximate surface area is 148 Å².